The molecule has 0 saturated heterocycles. The van der Waals surface area contributed by atoms with E-state index in [1.807, 2.05) is 37.5 Å². The molecule has 0 unspecified atom stereocenters. The third-order valence-electron chi connectivity index (χ3n) is 2.56. The van der Waals surface area contributed by atoms with Gasteiger partial charge in [-0.1, -0.05) is 24.6 Å². The Kier molecular flexibility index (Phi) is 5.19. The molecule has 0 saturated carbocycles. The summed E-state index contributed by atoms with van der Waals surface area (Å²) in [6.07, 6.45) is 3.63. The van der Waals surface area contributed by atoms with Gasteiger partial charge in [0.2, 0.25) is 0 Å². The normalized spacial score (nSPS) is 10.7. The highest BCUT2D eigenvalue weighted by Gasteiger charge is 2.04. The van der Waals surface area contributed by atoms with Crippen LogP contribution in [0.15, 0.2) is 40.6 Å². The van der Waals surface area contributed by atoms with Gasteiger partial charge < -0.3 is 5.32 Å². The van der Waals surface area contributed by atoms with E-state index in [0.717, 1.165) is 39.3 Å². The van der Waals surface area contributed by atoms with Crippen LogP contribution in [0.3, 0.4) is 0 Å². The summed E-state index contributed by atoms with van der Waals surface area (Å²) in [7, 11) is 0. The Labute approximate surface area is 122 Å². The average Bonchev–Trinajstić information content (AvgIpc) is 2.41. The van der Waals surface area contributed by atoms with E-state index in [-0.39, 0.29) is 0 Å². The summed E-state index contributed by atoms with van der Waals surface area (Å²) in [5.41, 5.74) is 2.17. The van der Waals surface area contributed by atoms with Crippen molar-refractivity contribution < 1.29 is 0 Å². The fraction of sp³-hybridized carbons (Fsp3) is 0.286. The molecule has 3 nitrogen and oxygen atoms in total. The standard InChI is InChI=1S/C14H16ClN3S/c1-3-16-9-11-4-5-12(6-13(11)15)19-14-17-7-10(2)8-18-14/h4-8,16H,3,9H2,1-2H3. The molecule has 1 aromatic carbocycles. The van der Waals surface area contributed by atoms with Gasteiger partial charge in [0.05, 0.1) is 0 Å². The van der Waals surface area contributed by atoms with Gasteiger partial charge in [0.25, 0.3) is 0 Å². The highest BCUT2D eigenvalue weighted by Crippen LogP contribution is 2.28. The van der Waals surface area contributed by atoms with Crippen molar-refractivity contribution in [1.82, 2.24) is 15.3 Å². The molecule has 1 aromatic heterocycles. The van der Waals surface area contributed by atoms with Crippen molar-refractivity contribution in [3.05, 3.63) is 46.7 Å². The Morgan fingerprint density at radius 2 is 2.00 bits per heavy atom. The second-order valence-corrected chi connectivity index (χ2v) is 5.63. The second-order valence-electron chi connectivity index (χ2n) is 4.18. The van der Waals surface area contributed by atoms with Gasteiger partial charge in [-0.15, -0.1) is 0 Å². The first kappa shape index (κ1) is 14.3. The Morgan fingerprint density at radius 1 is 1.26 bits per heavy atom. The number of nitrogens with zero attached hydrogens (tertiary/aromatic N) is 2. The van der Waals surface area contributed by atoms with E-state index in [2.05, 4.69) is 22.2 Å². The molecule has 19 heavy (non-hydrogen) atoms. The van der Waals surface area contributed by atoms with Crippen molar-refractivity contribution in [2.24, 2.45) is 0 Å². The highest BCUT2D eigenvalue weighted by molar-refractivity contribution is 7.99. The fourth-order valence-corrected chi connectivity index (χ4v) is 2.58. The second kappa shape index (κ2) is 6.89. The Balaban J connectivity index is 2.09. The molecule has 1 N–H and O–H groups in total. The lowest BCUT2D eigenvalue weighted by atomic mass is 10.2. The zero-order chi connectivity index (χ0) is 13.7. The molecule has 0 atom stereocenters. The molecular weight excluding hydrogens is 278 g/mol. The quantitative estimate of drug-likeness (QED) is 0.853. The van der Waals surface area contributed by atoms with Gasteiger partial charge in [-0.2, -0.15) is 0 Å². The van der Waals surface area contributed by atoms with Crippen LogP contribution in [-0.4, -0.2) is 16.5 Å². The van der Waals surface area contributed by atoms with E-state index in [9.17, 15) is 0 Å². The molecule has 0 fully saturated rings. The molecule has 0 radical (unpaired) electrons. The van der Waals surface area contributed by atoms with Gasteiger partial charge in [-0.25, -0.2) is 9.97 Å². The first-order chi connectivity index (χ1) is 9.19. The van der Waals surface area contributed by atoms with E-state index in [1.54, 1.807) is 0 Å². The smallest absolute Gasteiger partial charge is 0.192 e. The van der Waals surface area contributed by atoms with Crippen LogP contribution in [0.1, 0.15) is 18.1 Å². The predicted octanol–water partition coefficient (Wildman–Crippen LogP) is 3.70. The van der Waals surface area contributed by atoms with Crippen molar-refractivity contribution >= 4 is 23.4 Å². The zero-order valence-corrected chi connectivity index (χ0v) is 12.6. The maximum absolute atomic E-state index is 6.26. The minimum atomic E-state index is 0.737. The summed E-state index contributed by atoms with van der Waals surface area (Å²) in [4.78, 5) is 9.59. The molecule has 1 heterocycles. The number of aryl methyl sites for hydroxylation is 1. The molecule has 0 amide bonds. The molecule has 2 aromatic rings. The Bertz CT molecular complexity index is 543. The topological polar surface area (TPSA) is 37.8 Å². The highest BCUT2D eigenvalue weighted by atomic mass is 35.5. The van der Waals surface area contributed by atoms with Crippen LogP contribution in [-0.2, 0) is 6.54 Å². The first-order valence-corrected chi connectivity index (χ1v) is 7.34. The Hall–Kier alpha value is -1.10. The number of halogens is 1. The van der Waals surface area contributed by atoms with Crippen molar-refractivity contribution in [2.45, 2.75) is 30.4 Å². The minimum Gasteiger partial charge on any atom is -0.313 e. The van der Waals surface area contributed by atoms with Crippen LogP contribution in [0.4, 0.5) is 0 Å². The summed E-state index contributed by atoms with van der Waals surface area (Å²) < 4.78 is 0. The van der Waals surface area contributed by atoms with E-state index in [4.69, 9.17) is 11.6 Å². The predicted molar refractivity (Wildman–Crippen MR) is 79.7 cm³/mol. The van der Waals surface area contributed by atoms with Crippen LogP contribution in [0.25, 0.3) is 0 Å². The minimum absolute atomic E-state index is 0.737. The first-order valence-electron chi connectivity index (χ1n) is 6.14. The van der Waals surface area contributed by atoms with Crippen LogP contribution in [0.5, 0.6) is 0 Å². The molecule has 0 bridgehead atoms. The molecule has 0 aliphatic carbocycles. The molecule has 2 rings (SSSR count). The monoisotopic (exact) mass is 293 g/mol. The maximum Gasteiger partial charge on any atom is 0.192 e. The van der Waals surface area contributed by atoms with Crippen LogP contribution in [0.2, 0.25) is 5.02 Å². The number of rotatable bonds is 5. The summed E-state index contributed by atoms with van der Waals surface area (Å²) in [6.45, 7) is 5.78. The van der Waals surface area contributed by atoms with Crippen LogP contribution < -0.4 is 5.32 Å². The van der Waals surface area contributed by atoms with Crippen molar-refractivity contribution in [2.75, 3.05) is 6.54 Å². The summed E-state index contributed by atoms with van der Waals surface area (Å²) in [5, 5.41) is 4.78. The van der Waals surface area contributed by atoms with Crippen molar-refractivity contribution in [3.8, 4) is 0 Å². The number of nitrogens with one attached hydrogen (secondary N) is 1. The number of benzene rings is 1. The van der Waals surface area contributed by atoms with E-state index in [0.29, 0.717) is 0 Å². The lowest BCUT2D eigenvalue weighted by Crippen LogP contribution is -2.11. The van der Waals surface area contributed by atoms with Crippen molar-refractivity contribution in [3.63, 3.8) is 0 Å². The number of aromatic nitrogens is 2. The van der Waals surface area contributed by atoms with Gasteiger partial charge in [0, 0.05) is 28.9 Å². The summed E-state index contributed by atoms with van der Waals surface area (Å²) in [6, 6.07) is 6.05. The van der Waals surface area contributed by atoms with Gasteiger partial charge in [-0.05, 0) is 48.5 Å². The summed E-state index contributed by atoms with van der Waals surface area (Å²) >= 11 is 7.78. The van der Waals surface area contributed by atoms with Crippen LogP contribution >= 0.6 is 23.4 Å². The van der Waals surface area contributed by atoms with Gasteiger partial charge in [0.1, 0.15) is 0 Å². The van der Waals surface area contributed by atoms with Crippen LogP contribution in [0, 0.1) is 6.92 Å². The van der Waals surface area contributed by atoms with Gasteiger partial charge in [-0.3, -0.25) is 0 Å². The molecule has 0 aliphatic rings. The average molecular weight is 294 g/mol. The number of hydrogen-bond acceptors (Lipinski definition) is 4. The van der Waals surface area contributed by atoms with E-state index >= 15 is 0 Å². The number of hydrogen-bond donors (Lipinski definition) is 1. The van der Waals surface area contributed by atoms with Gasteiger partial charge in [0.15, 0.2) is 5.16 Å². The largest absolute Gasteiger partial charge is 0.313 e. The molecule has 5 heteroatoms. The fourth-order valence-electron chi connectivity index (χ4n) is 1.53. The van der Waals surface area contributed by atoms with Crippen molar-refractivity contribution in [1.29, 1.82) is 0 Å². The molecule has 0 spiro atoms. The zero-order valence-electron chi connectivity index (χ0n) is 11.0. The third-order valence-corrected chi connectivity index (χ3v) is 3.79. The summed E-state index contributed by atoms with van der Waals surface area (Å²) in [5.74, 6) is 0. The lowest BCUT2D eigenvalue weighted by molar-refractivity contribution is 0.726. The van der Waals surface area contributed by atoms with E-state index in [1.165, 1.54) is 11.8 Å². The van der Waals surface area contributed by atoms with Gasteiger partial charge >= 0.3 is 0 Å². The molecular formula is C14H16ClN3S. The SMILES string of the molecule is CCNCc1ccc(Sc2ncc(C)cn2)cc1Cl. The molecule has 0 aliphatic heterocycles. The molecule has 100 valence electrons. The Morgan fingerprint density at radius 3 is 2.63 bits per heavy atom. The third kappa shape index (κ3) is 4.20. The maximum atomic E-state index is 6.26. The lowest BCUT2D eigenvalue weighted by Gasteiger charge is -2.07. The van der Waals surface area contributed by atoms with E-state index < -0.39 is 0 Å².